The predicted octanol–water partition coefficient (Wildman–Crippen LogP) is 2.46. The van der Waals surface area contributed by atoms with Gasteiger partial charge in [0.2, 0.25) is 0 Å². The Morgan fingerprint density at radius 1 is 1.22 bits per heavy atom. The van der Waals surface area contributed by atoms with Crippen LogP contribution in [0.3, 0.4) is 0 Å². The molecular formula is C6H16ClNS. The van der Waals surface area contributed by atoms with Crippen molar-refractivity contribution in [1.29, 1.82) is 0 Å². The van der Waals surface area contributed by atoms with Gasteiger partial charge in [0.1, 0.15) is 0 Å². The monoisotopic (exact) mass is 169 g/mol. The summed E-state index contributed by atoms with van der Waals surface area (Å²) in [6.45, 7) is 6.39. The predicted molar refractivity (Wildman–Crippen MR) is 48.2 cm³/mol. The van der Waals surface area contributed by atoms with Gasteiger partial charge >= 0.3 is 0 Å². The van der Waals surface area contributed by atoms with Gasteiger partial charge in [0.15, 0.2) is 0 Å². The maximum absolute atomic E-state index is 6.11. The van der Waals surface area contributed by atoms with Gasteiger partial charge in [-0.05, 0) is 12.5 Å². The van der Waals surface area contributed by atoms with E-state index in [-0.39, 0.29) is 0 Å². The summed E-state index contributed by atoms with van der Waals surface area (Å²) in [6, 6.07) is 0. The molecule has 9 heavy (non-hydrogen) atoms. The molecule has 0 heterocycles. The van der Waals surface area contributed by atoms with Crippen LogP contribution >= 0.6 is 20.1 Å². The molecule has 0 spiro atoms. The highest BCUT2D eigenvalue weighted by molar-refractivity contribution is 8.48. The van der Waals surface area contributed by atoms with Gasteiger partial charge in [0, 0.05) is 13.1 Å². The van der Waals surface area contributed by atoms with Crippen molar-refractivity contribution >= 4 is 20.1 Å². The first kappa shape index (κ1) is 9.60. The average Bonchev–Trinajstić information content (AvgIpc) is 1.65. The fourth-order valence-corrected chi connectivity index (χ4v) is 2.65. The van der Waals surface area contributed by atoms with Crippen LogP contribution in [0.5, 0.6) is 0 Å². The van der Waals surface area contributed by atoms with Gasteiger partial charge in [0.25, 0.3) is 0 Å². The summed E-state index contributed by atoms with van der Waals surface area (Å²) in [5.41, 5.74) is 0. The molecule has 0 rings (SSSR count). The molecular weight excluding hydrogens is 154 g/mol. The first-order valence-corrected chi connectivity index (χ1v) is 6.43. The molecule has 0 fully saturated rings. The minimum atomic E-state index is -0.959. The van der Waals surface area contributed by atoms with Gasteiger partial charge in [-0.2, -0.15) is 0 Å². The SMILES string of the molecule is CCN(CC)S(C)(C)Cl. The Balaban J connectivity index is 3.79. The fraction of sp³-hybridized carbons (Fsp3) is 1.00. The van der Waals surface area contributed by atoms with E-state index in [1.807, 2.05) is 0 Å². The first-order valence-electron chi connectivity index (χ1n) is 3.20. The standard InChI is InChI=1S/C6H16ClNS/c1-5-8(6-2)9(3,4)7/h5-6H2,1-4H3. The molecule has 0 aliphatic carbocycles. The summed E-state index contributed by atoms with van der Waals surface area (Å²) in [6.07, 6.45) is 4.20. The maximum atomic E-state index is 6.11. The molecule has 0 aliphatic rings. The largest absolute Gasteiger partial charge is 0.257 e. The van der Waals surface area contributed by atoms with Gasteiger partial charge in [0.05, 0.1) is 0 Å². The van der Waals surface area contributed by atoms with Crippen molar-refractivity contribution in [2.45, 2.75) is 13.8 Å². The fourth-order valence-electron chi connectivity index (χ4n) is 0.838. The molecule has 0 atom stereocenters. The van der Waals surface area contributed by atoms with Crippen molar-refractivity contribution in [3.05, 3.63) is 0 Å². The zero-order valence-corrected chi connectivity index (χ0v) is 8.22. The Morgan fingerprint density at radius 3 is 1.56 bits per heavy atom. The Morgan fingerprint density at radius 2 is 1.56 bits per heavy atom. The normalized spacial score (nSPS) is 14.4. The number of rotatable bonds is 3. The molecule has 0 unspecified atom stereocenters. The second-order valence-corrected chi connectivity index (χ2v) is 7.35. The summed E-state index contributed by atoms with van der Waals surface area (Å²) < 4.78 is 2.29. The van der Waals surface area contributed by atoms with Gasteiger partial charge in [-0.3, -0.25) is 4.31 Å². The molecule has 3 heteroatoms. The smallest absolute Gasteiger partial charge is 0.00560 e. The van der Waals surface area contributed by atoms with Gasteiger partial charge < -0.3 is 0 Å². The molecule has 0 amide bonds. The molecule has 0 saturated heterocycles. The van der Waals surface area contributed by atoms with Crippen LogP contribution < -0.4 is 0 Å². The summed E-state index contributed by atoms with van der Waals surface area (Å²) in [5.74, 6) is 0. The van der Waals surface area contributed by atoms with E-state index in [4.69, 9.17) is 10.7 Å². The van der Waals surface area contributed by atoms with E-state index in [0.29, 0.717) is 0 Å². The Hall–Kier alpha value is 0.600. The average molecular weight is 170 g/mol. The maximum Gasteiger partial charge on any atom is 0.00560 e. The van der Waals surface area contributed by atoms with Crippen molar-refractivity contribution in [2.75, 3.05) is 25.6 Å². The quantitative estimate of drug-likeness (QED) is 0.628. The molecule has 1 nitrogen and oxygen atoms in total. The third-order valence-corrected chi connectivity index (χ3v) is 3.65. The van der Waals surface area contributed by atoms with Crippen LogP contribution in [0.1, 0.15) is 13.8 Å². The van der Waals surface area contributed by atoms with Gasteiger partial charge in [-0.1, -0.05) is 24.5 Å². The van der Waals surface area contributed by atoms with Crippen LogP contribution in [0.4, 0.5) is 0 Å². The topological polar surface area (TPSA) is 3.24 Å². The Kier molecular flexibility index (Phi) is 3.94. The lowest BCUT2D eigenvalue weighted by Crippen LogP contribution is -2.22. The van der Waals surface area contributed by atoms with Crippen LogP contribution in [0, 0.1) is 0 Å². The number of halogens is 1. The van der Waals surface area contributed by atoms with E-state index in [1.165, 1.54) is 0 Å². The second-order valence-electron chi connectivity index (χ2n) is 2.27. The third kappa shape index (κ3) is 3.33. The zero-order valence-electron chi connectivity index (χ0n) is 6.65. The van der Waals surface area contributed by atoms with Crippen molar-refractivity contribution in [3.63, 3.8) is 0 Å². The van der Waals surface area contributed by atoms with Crippen molar-refractivity contribution in [2.24, 2.45) is 0 Å². The van der Waals surface area contributed by atoms with E-state index in [1.54, 1.807) is 0 Å². The zero-order chi connectivity index (χ0) is 7.49. The molecule has 0 aromatic heterocycles. The summed E-state index contributed by atoms with van der Waals surface area (Å²) >= 11 is 0. The van der Waals surface area contributed by atoms with Crippen LogP contribution in [0.2, 0.25) is 0 Å². The lowest BCUT2D eigenvalue weighted by molar-refractivity contribution is 0.518. The molecule has 0 radical (unpaired) electrons. The van der Waals surface area contributed by atoms with E-state index < -0.39 is 9.43 Å². The van der Waals surface area contributed by atoms with E-state index >= 15 is 0 Å². The molecule has 58 valence electrons. The van der Waals surface area contributed by atoms with E-state index in [9.17, 15) is 0 Å². The van der Waals surface area contributed by atoms with Crippen LogP contribution in [-0.4, -0.2) is 29.9 Å². The molecule has 0 bridgehead atoms. The van der Waals surface area contributed by atoms with Crippen molar-refractivity contribution in [1.82, 2.24) is 4.31 Å². The highest BCUT2D eigenvalue weighted by Crippen LogP contribution is 2.48. The molecule has 0 aliphatic heterocycles. The Bertz CT molecular complexity index is 75.6. The van der Waals surface area contributed by atoms with Crippen LogP contribution in [0.15, 0.2) is 0 Å². The summed E-state index contributed by atoms with van der Waals surface area (Å²) in [4.78, 5) is 0. The third-order valence-electron chi connectivity index (χ3n) is 1.32. The van der Waals surface area contributed by atoms with Crippen LogP contribution in [0.25, 0.3) is 0 Å². The van der Waals surface area contributed by atoms with Crippen LogP contribution in [-0.2, 0) is 0 Å². The van der Waals surface area contributed by atoms with Crippen molar-refractivity contribution in [3.8, 4) is 0 Å². The minimum absolute atomic E-state index is 0.959. The highest BCUT2D eigenvalue weighted by Gasteiger charge is 2.13. The van der Waals surface area contributed by atoms with E-state index in [2.05, 4.69) is 30.7 Å². The lowest BCUT2D eigenvalue weighted by atomic mass is 10.7. The number of hydrogen-bond donors (Lipinski definition) is 0. The summed E-state index contributed by atoms with van der Waals surface area (Å²) in [7, 11) is 5.15. The molecule has 0 N–H and O–H groups in total. The number of hydrogen-bond acceptors (Lipinski definition) is 1. The molecule has 0 aromatic rings. The Labute approximate surface area is 64.3 Å². The summed E-state index contributed by atoms with van der Waals surface area (Å²) in [5, 5.41) is 0. The van der Waals surface area contributed by atoms with Crippen molar-refractivity contribution < 1.29 is 0 Å². The molecule has 0 aromatic carbocycles. The second kappa shape index (κ2) is 3.69. The lowest BCUT2D eigenvalue weighted by Gasteiger charge is -2.35. The minimum Gasteiger partial charge on any atom is -0.257 e. The highest BCUT2D eigenvalue weighted by atomic mass is 35.7. The first-order chi connectivity index (χ1) is 4.02. The van der Waals surface area contributed by atoms with Gasteiger partial charge in [-0.25, -0.2) is 0 Å². The number of nitrogens with zero attached hydrogens (tertiary/aromatic N) is 1. The van der Waals surface area contributed by atoms with E-state index in [0.717, 1.165) is 13.1 Å². The molecule has 0 saturated carbocycles. The van der Waals surface area contributed by atoms with Gasteiger partial charge in [-0.15, -0.1) is 9.43 Å².